The van der Waals surface area contributed by atoms with Gasteiger partial charge in [-0.05, 0) is 40.0 Å². The van der Waals surface area contributed by atoms with Gasteiger partial charge in [-0.3, -0.25) is 4.79 Å². The Labute approximate surface area is 104 Å². The van der Waals surface area contributed by atoms with Crippen LogP contribution in [0.2, 0.25) is 0 Å². The van der Waals surface area contributed by atoms with Crippen molar-refractivity contribution in [3.05, 3.63) is 0 Å². The second-order valence-electron chi connectivity index (χ2n) is 5.41. The zero-order valence-electron chi connectivity index (χ0n) is 11.5. The first-order chi connectivity index (χ1) is 7.96. The molecule has 0 bridgehead atoms. The van der Waals surface area contributed by atoms with Gasteiger partial charge in [0.1, 0.15) is 0 Å². The zero-order chi connectivity index (χ0) is 12.9. The van der Waals surface area contributed by atoms with Gasteiger partial charge in [0.05, 0.1) is 12.6 Å². The van der Waals surface area contributed by atoms with Crippen molar-refractivity contribution in [2.75, 3.05) is 13.2 Å². The SMILES string of the molecule is CCOC1CC(NCC(=O)NC(C)(C)CC)C1. The average Bonchev–Trinajstić information content (AvgIpc) is 2.20. The van der Waals surface area contributed by atoms with E-state index in [-0.39, 0.29) is 11.4 Å². The summed E-state index contributed by atoms with van der Waals surface area (Å²) in [6.07, 6.45) is 3.39. The van der Waals surface area contributed by atoms with Crippen LogP contribution in [-0.4, -0.2) is 36.7 Å². The van der Waals surface area contributed by atoms with Crippen LogP contribution in [0.25, 0.3) is 0 Å². The highest BCUT2D eigenvalue weighted by Crippen LogP contribution is 2.22. The number of carbonyl (C=O) groups excluding carboxylic acids is 1. The van der Waals surface area contributed by atoms with Gasteiger partial charge in [-0.15, -0.1) is 0 Å². The highest BCUT2D eigenvalue weighted by atomic mass is 16.5. The van der Waals surface area contributed by atoms with E-state index in [1.54, 1.807) is 0 Å². The second kappa shape index (κ2) is 6.36. The molecule has 1 aliphatic rings. The Hall–Kier alpha value is -0.610. The molecule has 1 saturated carbocycles. The molecule has 0 unspecified atom stereocenters. The summed E-state index contributed by atoms with van der Waals surface area (Å²) in [6.45, 7) is 9.36. The predicted molar refractivity (Wildman–Crippen MR) is 69.0 cm³/mol. The Kier molecular flexibility index (Phi) is 5.40. The summed E-state index contributed by atoms with van der Waals surface area (Å²) < 4.78 is 5.47. The highest BCUT2D eigenvalue weighted by molar-refractivity contribution is 5.78. The fourth-order valence-corrected chi connectivity index (χ4v) is 1.85. The molecule has 17 heavy (non-hydrogen) atoms. The van der Waals surface area contributed by atoms with Crippen LogP contribution in [0.4, 0.5) is 0 Å². The predicted octanol–water partition coefficient (Wildman–Crippen LogP) is 1.45. The molecule has 0 aliphatic heterocycles. The number of hydrogen-bond donors (Lipinski definition) is 2. The maximum Gasteiger partial charge on any atom is 0.234 e. The number of carbonyl (C=O) groups is 1. The van der Waals surface area contributed by atoms with E-state index in [0.29, 0.717) is 18.7 Å². The summed E-state index contributed by atoms with van der Waals surface area (Å²) in [5.74, 6) is 0.0803. The molecule has 0 aromatic carbocycles. The standard InChI is InChI=1S/C13H26N2O2/c1-5-13(3,4)15-12(16)9-14-10-7-11(8-10)17-6-2/h10-11,14H,5-9H2,1-4H3,(H,15,16). The Morgan fingerprint density at radius 1 is 1.35 bits per heavy atom. The molecule has 0 atom stereocenters. The summed E-state index contributed by atoms with van der Waals surface area (Å²) in [5, 5.41) is 6.28. The third kappa shape index (κ3) is 5.04. The van der Waals surface area contributed by atoms with E-state index >= 15 is 0 Å². The van der Waals surface area contributed by atoms with Crippen LogP contribution in [0.3, 0.4) is 0 Å². The van der Waals surface area contributed by atoms with Crippen LogP contribution >= 0.6 is 0 Å². The van der Waals surface area contributed by atoms with Gasteiger partial charge in [0, 0.05) is 18.2 Å². The molecule has 0 aromatic rings. The van der Waals surface area contributed by atoms with Crippen LogP contribution in [0.1, 0.15) is 47.0 Å². The number of rotatable bonds is 7. The normalized spacial score (nSPS) is 24.2. The van der Waals surface area contributed by atoms with Gasteiger partial charge in [-0.1, -0.05) is 6.92 Å². The summed E-state index contributed by atoms with van der Waals surface area (Å²) >= 11 is 0. The Morgan fingerprint density at radius 2 is 2.00 bits per heavy atom. The molecule has 0 saturated heterocycles. The first-order valence-electron chi connectivity index (χ1n) is 6.63. The minimum atomic E-state index is -0.105. The maximum absolute atomic E-state index is 11.7. The summed E-state index contributed by atoms with van der Waals surface area (Å²) in [6, 6.07) is 0.446. The lowest BCUT2D eigenvalue weighted by atomic mass is 9.89. The van der Waals surface area contributed by atoms with Crippen molar-refractivity contribution < 1.29 is 9.53 Å². The van der Waals surface area contributed by atoms with E-state index in [1.807, 2.05) is 20.8 Å². The van der Waals surface area contributed by atoms with Crippen LogP contribution < -0.4 is 10.6 Å². The van der Waals surface area contributed by atoms with E-state index in [4.69, 9.17) is 4.74 Å². The van der Waals surface area contributed by atoms with Crippen LogP contribution in [0.5, 0.6) is 0 Å². The van der Waals surface area contributed by atoms with Crippen molar-refractivity contribution >= 4 is 5.91 Å². The van der Waals surface area contributed by atoms with Crippen molar-refractivity contribution in [1.82, 2.24) is 10.6 Å². The van der Waals surface area contributed by atoms with Gasteiger partial charge >= 0.3 is 0 Å². The van der Waals surface area contributed by atoms with E-state index < -0.39 is 0 Å². The lowest BCUT2D eigenvalue weighted by Gasteiger charge is -2.35. The molecule has 0 spiro atoms. The fourth-order valence-electron chi connectivity index (χ4n) is 1.85. The number of hydrogen-bond acceptors (Lipinski definition) is 3. The van der Waals surface area contributed by atoms with Gasteiger partial charge in [0.25, 0.3) is 0 Å². The van der Waals surface area contributed by atoms with E-state index in [1.165, 1.54) is 0 Å². The Morgan fingerprint density at radius 3 is 2.53 bits per heavy atom. The van der Waals surface area contributed by atoms with Gasteiger partial charge in [-0.2, -0.15) is 0 Å². The molecule has 1 amide bonds. The van der Waals surface area contributed by atoms with Gasteiger partial charge in [0.2, 0.25) is 5.91 Å². The number of nitrogens with one attached hydrogen (secondary N) is 2. The molecule has 2 N–H and O–H groups in total. The van der Waals surface area contributed by atoms with Crippen molar-refractivity contribution in [2.45, 2.75) is 64.6 Å². The van der Waals surface area contributed by atoms with Gasteiger partial charge < -0.3 is 15.4 Å². The monoisotopic (exact) mass is 242 g/mol. The molecule has 1 rings (SSSR count). The molecule has 4 nitrogen and oxygen atoms in total. The molecule has 4 heteroatoms. The fraction of sp³-hybridized carbons (Fsp3) is 0.923. The Balaban J connectivity index is 2.10. The molecule has 1 fully saturated rings. The van der Waals surface area contributed by atoms with Crippen molar-refractivity contribution in [2.24, 2.45) is 0 Å². The van der Waals surface area contributed by atoms with Crippen molar-refractivity contribution in [3.63, 3.8) is 0 Å². The van der Waals surface area contributed by atoms with Crippen LogP contribution in [-0.2, 0) is 9.53 Å². The second-order valence-corrected chi connectivity index (χ2v) is 5.41. The molecular formula is C13H26N2O2. The molecule has 100 valence electrons. The molecule has 0 radical (unpaired) electrons. The van der Waals surface area contributed by atoms with Crippen molar-refractivity contribution in [1.29, 1.82) is 0 Å². The lowest BCUT2D eigenvalue weighted by Crippen LogP contribution is -2.51. The molecule has 0 aromatic heterocycles. The maximum atomic E-state index is 11.7. The molecule has 0 heterocycles. The third-order valence-electron chi connectivity index (χ3n) is 3.41. The molecule has 1 aliphatic carbocycles. The average molecular weight is 242 g/mol. The van der Waals surface area contributed by atoms with E-state index in [9.17, 15) is 4.79 Å². The largest absolute Gasteiger partial charge is 0.378 e. The first-order valence-corrected chi connectivity index (χ1v) is 6.63. The highest BCUT2D eigenvalue weighted by Gasteiger charge is 2.29. The van der Waals surface area contributed by atoms with Crippen molar-refractivity contribution in [3.8, 4) is 0 Å². The minimum Gasteiger partial charge on any atom is -0.378 e. The summed E-state index contributed by atoms with van der Waals surface area (Å²) in [5.41, 5.74) is -0.105. The third-order valence-corrected chi connectivity index (χ3v) is 3.41. The Bertz CT molecular complexity index is 248. The number of ether oxygens (including phenoxy) is 1. The van der Waals surface area contributed by atoms with E-state index in [0.717, 1.165) is 25.9 Å². The molecular weight excluding hydrogens is 216 g/mol. The summed E-state index contributed by atoms with van der Waals surface area (Å²) in [4.78, 5) is 11.7. The summed E-state index contributed by atoms with van der Waals surface area (Å²) in [7, 11) is 0. The smallest absolute Gasteiger partial charge is 0.234 e. The lowest BCUT2D eigenvalue weighted by molar-refractivity contribution is -0.122. The first kappa shape index (κ1) is 14.5. The number of amides is 1. The van der Waals surface area contributed by atoms with Gasteiger partial charge in [0.15, 0.2) is 0 Å². The minimum absolute atomic E-state index is 0.0803. The van der Waals surface area contributed by atoms with Crippen LogP contribution in [0, 0.1) is 0 Å². The van der Waals surface area contributed by atoms with E-state index in [2.05, 4.69) is 17.6 Å². The topological polar surface area (TPSA) is 50.4 Å². The zero-order valence-corrected chi connectivity index (χ0v) is 11.5. The van der Waals surface area contributed by atoms with Gasteiger partial charge in [-0.25, -0.2) is 0 Å². The van der Waals surface area contributed by atoms with Crippen LogP contribution in [0.15, 0.2) is 0 Å². The quantitative estimate of drug-likeness (QED) is 0.710.